The van der Waals surface area contributed by atoms with Crippen LogP contribution in [0, 0.1) is 11.3 Å². The summed E-state index contributed by atoms with van der Waals surface area (Å²) in [7, 11) is 0. The number of hydrogen-bond donors (Lipinski definition) is 2. The zero-order chi connectivity index (χ0) is 30.4. The third-order valence-corrected chi connectivity index (χ3v) is 7.28. The van der Waals surface area contributed by atoms with E-state index in [1.165, 1.54) is 12.1 Å². The summed E-state index contributed by atoms with van der Waals surface area (Å²) >= 11 is 0. The Kier molecular flexibility index (Phi) is 10.2. The highest BCUT2D eigenvalue weighted by molar-refractivity contribution is 6.46. The number of nitrogens with zero attached hydrogens (tertiary/aromatic N) is 2. The minimum absolute atomic E-state index is 0.0304. The van der Waals surface area contributed by atoms with Gasteiger partial charge in [-0.15, -0.1) is 13.2 Å². The Bertz CT molecular complexity index is 1250. The first kappa shape index (κ1) is 31.6. The van der Waals surface area contributed by atoms with E-state index in [-0.39, 0.29) is 41.7 Å². The molecule has 1 aliphatic heterocycles. The SMILES string of the molecule is CC(CCC1N=C(c2ccc(OC(F)(F)F)cc2)C(=O)N1CCc1ccc(C(=O)NCCC(=O)O)cc1)C(C)(C)C. The van der Waals surface area contributed by atoms with E-state index >= 15 is 0 Å². The van der Waals surface area contributed by atoms with Gasteiger partial charge in [-0.05, 0) is 72.6 Å². The predicted molar refractivity (Wildman–Crippen MR) is 148 cm³/mol. The van der Waals surface area contributed by atoms with Crippen LogP contribution in [-0.4, -0.2) is 59.1 Å². The Balaban J connectivity index is 1.71. The number of hydrogen-bond acceptors (Lipinski definition) is 5. The van der Waals surface area contributed by atoms with Gasteiger partial charge < -0.3 is 20.1 Å². The molecular formula is C30H36F3N3O5. The first-order valence-corrected chi connectivity index (χ1v) is 13.5. The summed E-state index contributed by atoms with van der Waals surface area (Å²) in [5.41, 5.74) is 1.98. The fourth-order valence-corrected chi connectivity index (χ4v) is 4.32. The molecule has 2 aromatic rings. The van der Waals surface area contributed by atoms with E-state index in [0.29, 0.717) is 36.4 Å². The number of carbonyl (C=O) groups is 3. The molecule has 2 unspecified atom stereocenters. The normalized spacial score (nSPS) is 16.4. The number of carbonyl (C=O) groups excluding carboxylic acids is 2. The van der Waals surface area contributed by atoms with Crippen molar-refractivity contribution in [2.45, 2.75) is 65.9 Å². The van der Waals surface area contributed by atoms with Crippen molar-refractivity contribution in [3.8, 4) is 5.75 Å². The molecule has 2 aromatic carbocycles. The van der Waals surface area contributed by atoms with Crippen molar-refractivity contribution in [2.24, 2.45) is 16.3 Å². The molecule has 41 heavy (non-hydrogen) atoms. The first-order chi connectivity index (χ1) is 19.1. The second-order valence-electron chi connectivity index (χ2n) is 11.2. The minimum Gasteiger partial charge on any atom is -0.481 e. The van der Waals surface area contributed by atoms with Gasteiger partial charge in [-0.3, -0.25) is 19.4 Å². The molecule has 2 N–H and O–H groups in total. The van der Waals surface area contributed by atoms with Crippen LogP contribution in [0.3, 0.4) is 0 Å². The summed E-state index contributed by atoms with van der Waals surface area (Å²) in [6, 6.07) is 12.0. The summed E-state index contributed by atoms with van der Waals surface area (Å²) in [6.45, 7) is 9.02. The van der Waals surface area contributed by atoms with Crippen LogP contribution in [0.5, 0.6) is 5.75 Å². The third kappa shape index (κ3) is 9.33. The van der Waals surface area contributed by atoms with Crippen LogP contribution in [0.15, 0.2) is 53.5 Å². The lowest BCUT2D eigenvalue weighted by Crippen LogP contribution is -2.38. The standard InChI is InChI=1S/C30H36F3N3O5/c1-19(29(2,3)4)5-14-24-35-26(21-10-12-23(13-11-21)41-30(31,32)33)28(40)36(24)18-16-20-6-8-22(9-7-20)27(39)34-17-15-25(37)38/h6-13,19,24H,5,14-18H2,1-4H3,(H,34,39)(H,37,38). The zero-order valence-electron chi connectivity index (χ0n) is 23.6. The van der Waals surface area contributed by atoms with Crippen molar-refractivity contribution in [2.75, 3.05) is 13.1 Å². The fourth-order valence-electron chi connectivity index (χ4n) is 4.32. The van der Waals surface area contributed by atoms with Crippen molar-refractivity contribution >= 4 is 23.5 Å². The molecule has 0 bridgehead atoms. The molecule has 2 atom stereocenters. The second-order valence-corrected chi connectivity index (χ2v) is 11.2. The van der Waals surface area contributed by atoms with Crippen LogP contribution in [0.2, 0.25) is 0 Å². The molecule has 0 aromatic heterocycles. The number of aliphatic imine (C=N–C) groups is 1. The monoisotopic (exact) mass is 575 g/mol. The number of nitrogens with one attached hydrogen (secondary N) is 1. The molecule has 2 amide bonds. The molecule has 0 aliphatic carbocycles. The van der Waals surface area contributed by atoms with Crippen molar-refractivity contribution < 1.29 is 37.4 Å². The highest BCUT2D eigenvalue weighted by Crippen LogP contribution is 2.32. The van der Waals surface area contributed by atoms with E-state index in [0.717, 1.165) is 24.1 Å². The Labute approximate surface area is 237 Å². The lowest BCUT2D eigenvalue weighted by atomic mass is 9.79. The van der Waals surface area contributed by atoms with Gasteiger partial charge in [-0.25, -0.2) is 0 Å². The molecular weight excluding hydrogens is 539 g/mol. The Morgan fingerprint density at radius 2 is 1.71 bits per heavy atom. The zero-order valence-corrected chi connectivity index (χ0v) is 23.6. The Morgan fingerprint density at radius 1 is 1.07 bits per heavy atom. The third-order valence-electron chi connectivity index (χ3n) is 7.28. The molecule has 0 saturated heterocycles. The van der Waals surface area contributed by atoms with Gasteiger partial charge in [0.1, 0.15) is 17.6 Å². The quantitative estimate of drug-likeness (QED) is 0.350. The average molecular weight is 576 g/mol. The van der Waals surface area contributed by atoms with Crippen molar-refractivity contribution in [1.82, 2.24) is 10.2 Å². The molecule has 11 heteroatoms. The molecule has 1 aliphatic rings. The summed E-state index contributed by atoms with van der Waals surface area (Å²) in [6.07, 6.45) is -3.42. The summed E-state index contributed by atoms with van der Waals surface area (Å²) in [5, 5.41) is 11.3. The van der Waals surface area contributed by atoms with Gasteiger partial charge >= 0.3 is 12.3 Å². The average Bonchev–Trinajstić information content (AvgIpc) is 3.19. The number of ether oxygens (including phenoxy) is 1. The van der Waals surface area contributed by atoms with Crippen molar-refractivity contribution in [1.29, 1.82) is 0 Å². The van der Waals surface area contributed by atoms with E-state index in [1.54, 1.807) is 29.2 Å². The first-order valence-electron chi connectivity index (χ1n) is 13.5. The molecule has 1 heterocycles. The highest BCUT2D eigenvalue weighted by atomic mass is 19.4. The number of halogens is 3. The molecule has 3 rings (SSSR count). The number of rotatable bonds is 12. The molecule has 222 valence electrons. The second kappa shape index (κ2) is 13.2. The van der Waals surface area contributed by atoms with Gasteiger partial charge in [0, 0.05) is 24.2 Å². The summed E-state index contributed by atoms with van der Waals surface area (Å²) in [4.78, 5) is 42.7. The predicted octanol–water partition coefficient (Wildman–Crippen LogP) is 5.45. The van der Waals surface area contributed by atoms with Gasteiger partial charge in [-0.1, -0.05) is 39.8 Å². The number of aliphatic carboxylic acids is 1. The van der Waals surface area contributed by atoms with Gasteiger partial charge in [0.15, 0.2) is 0 Å². The lowest BCUT2D eigenvalue weighted by molar-refractivity contribution is -0.274. The molecule has 0 fully saturated rings. The highest BCUT2D eigenvalue weighted by Gasteiger charge is 2.36. The molecule has 0 saturated carbocycles. The largest absolute Gasteiger partial charge is 0.573 e. The van der Waals surface area contributed by atoms with Crippen LogP contribution in [0.1, 0.15) is 68.4 Å². The van der Waals surface area contributed by atoms with Gasteiger partial charge in [0.05, 0.1) is 6.42 Å². The summed E-state index contributed by atoms with van der Waals surface area (Å²) in [5.74, 6) is -1.67. The van der Waals surface area contributed by atoms with E-state index in [9.17, 15) is 27.6 Å². The Hall–Kier alpha value is -3.89. The number of alkyl halides is 3. The van der Waals surface area contributed by atoms with E-state index in [4.69, 9.17) is 10.1 Å². The maximum Gasteiger partial charge on any atom is 0.573 e. The van der Waals surface area contributed by atoms with Crippen LogP contribution in [0.4, 0.5) is 13.2 Å². The number of amides is 2. The maximum absolute atomic E-state index is 13.5. The van der Waals surface area contributed by atoms with Gasteiger partial charge in [0.25, 0.3) is 11.8 Å². The van der Waals surface area contributed by atoms with Crippen LogP contribution < -0.4 is 10.1 Å². The summed E-state index contributed by atoms with van der Waals surface area (Å²) < 4.78 is 41.6. The van der Waals surface area contributed by atoms with Gasteiger partial charge in [-0.2, -0.15) is 0 Å². The number of carboxylic acid groups (broad SMARTS) is 1. The minimum atomic E-state index is -4.81. The number of carboxylic acids is 1. The van der Waals surface area contributed by atoms with Crippen molar-refractivity contribution in [3.63, 3.8) is 0 Å². The molecule has 0 radical (unpaired) electrons. The van der Waals surface area contributed by atoms with Crippen LogP contribution in [-0.2, 0) is 16.0 Å². The number of benzene rings is 2. The Morgan fingerprint density at radius 3 is 2.27 bits per heavy atom. The lowest BCUT2D eigenvalue weighted by Gasteiger charge is -2.30. The molecule has 8 nitrogen and oxygen atoms in total. The van der Waals surface area contributed by atoms with E-state index < -0.39 is 18.5 Å². The molecule has 0 spiro atoms. The van der Waals surface area contributed by atoms with Crippen LogP contribution >= 0.6 is 0 Å². The maximum atomic E-state index is 13.5. The van der Waals surface area contributed by atoms with Gasteiger partial charge in [0.2, 0.25) is 0 Å². The smallest absolute Gasteiger partial charge is 0.481 e. The topological polar surface area (TPSA) is 108 Å². The fraction of sp³-hybridized carbons (Fsp3) is 0.467. The van der Waals surface area contributed by atoms with E-state index in [2.05, 4.69) is 37.7 Å². The van der Waals surface area contributed by atoms with Crippen LogP contribution in [0.25, 0.3) is 0 Å². The van der Waals surface area contributed by atoms with Crippen molar-refractivity contribution in [3.05, 3.63) is 65.2 Å². The van der Waals surface area contributed by atoms with E-state index in [1.807, 2.05) is 0 Å².